The Bertz CT molecular complexity index is 1620. The first-order valence-electron chi connectivity index (χ1n) is 10.3. The highest BCUT2D eigenvalue weighted by atomic mass is 32.1. The lowest BCUT2D eigenvalue weighted by Crippen LogP contribution is -2.01. The van der Waals surface area contributed by atoms with Gasteiger partial charge in [-0.2, -0.15) is 10.2 Å². The average molecular weight is 448 g/mol. The van der Waals surface area contributed by atoms with Crippen molar-refractivity contribution < 1.29 is 0 Å². The molecule has 8 heteroatoms. The number of thiophene rings is 1. The van der Waals surface area contributed by atoms with Crippen LogP contribution in [-0.4, -0.2) is 29.9 Å². The van der Waals surface area contributed by atoms with Crippen LogP contribution in [0.3, 0.4) is 0 Å². The van der Waals surface area contributed by atoms with Gasteiger partial charge in [0, 0.05) is 17.3 Å². The highest BCUT2D eigenvalue weighted by Crippen LogP contribution is 2.31. The topological polar surface area (TPSA) is 84.3 Å². The normalized spacial score (nSPS) is 10.9. The highest BCUT2D eigenvalue weighted by molar-refractivity contribution is 7.20. The fourth-order valence-electron chi connectivity index (χ4n) is 3.64. The number of rotatable bonds is 4. The SMILES string of the molecule is C(#Cc1cc2ncnc(Nc3ccc4c(cnn4Cc4ccccc4)c3)c2s1)c1cn[nH]c1. The van der Waals surface area contributed by atoms with Crippen LogP contribution in [0.4, 0.5) is 11.5 Å². The second-order valence-corrected chi connectivity index (χ2v) is 8.52. The maximum atomic E-state index is 4.58. The molecule has 0 fully saturated rings. The molecule has 7 nitrogen and oxygen atoms in total. The fraction of sp³-hybridized carbons (Fsp3) is 0.0400. The van der Waals surface area contributed by atoms with Gasteiger partial charge in [0.05, 0.1) is 45.1 Å². The number of nitrogens with one attached hydrogen (secondary N) is 2. The predicted molar refractivity (Wildman–Crippen MR) is 131 cm³/mol. The minimum absolute atomic E-state index is 0.738. The van der Waals surface area contributed by atoms with Gasteiger partial charge in [-0.3, -0.25) is 9.78 Å². The van der Waals surface area contributed by atoms with Gasteiger partial charge in [0.1, 0.15) is 6.33 Å². The maximum absolute atomic E-state index is 4.58. The second-order valence-electron chi connectivity index (χ2n) is 7.47. The molecule has 0 aliphatic heterocycles. The smallest absolute Gasteiger partial charge is 0.151 e. The first kappa shape index (κ1) is 19.2. The maximum Gasteiger partial charge on any atom is 0.151 e. The monoisotopic (exact) mass is 447 g/mol. The largest absolute Gasteiger partial charge is 0.339 e. The summed E-state index contributed by atoms with van der Waals surface area (Å²) in [7, 11) is 0. The van der Waals surface area contributed by atoms with Crippen molar-refractivity contribution in [1.29, 1.82) is 0 Å². The van der Waals surface area contributed by atoms with Gasteiger partial charge in [-0.1, -0.05) is 42.2 Å². The number of anilines is 2. The molecule has 4 heterocycles. The third-order valence-corrected chi connectivity index (χ3v) is 6.27. The third kappa shape index (κ3) is 3.93. The minimum atomic E-state index is 0.738. The number of fused-ring (bicyclic) bond motifs is 2. The third-order valence-electron chi connectivity index (χ3n) is 5.22. The zero-order chi connectivity index (χ0) is 22.0. The molecule has 0 saturated carbocycles. The Balaban J connectivity index is 1.28. The molecule has 2 N–H and O–H groups in total. The lowest BCUT2D eigenvalue weighted by molar-refractivity contribution is 0.712. The van der Waals surface area contributed by atoms with E-state index in [1.165, 1.54) is 5.56 Å². The minimum Gasteiger partial charge on any atom is -0.339 e. The fourth-order valence-corrected chi connectivity index (χ4v) is 4.55. The van der Waals surface area contributed by atoms with Crippen molar-refractivity contribution in [3.63, 3.8) is 0 Å². The predicted octanol–water partition coefficient (Wildman–Crippen LogP) is 4.96. The van der Waals surface area contributed by atoms with Gasteiger partial charge >= 0.3 is 0 Å². The molecule has 0 amide bonds. The zero-order valence-electron chi connectivity index (χ0n) is 17.4. The summed E-state index contributed by atoms with van der Waals surface area (Å²) in [6.45, 7) is 0.738. The number of aromatic nitrogens is 6. The van der Waals surface area contributed by atoms with Crippen molar-refractivity contribution in [3.05, 3.63) is 95.5 Å². The van der Waals surface area contributed by atoms with Gasteiger partial charge in [-0.05, 0) is 29.8 Å². The molecule has 0 aliphatic carbocycles. The molecule has 0 bridgehead atoms. The molecule has 0 atom stereocenters. The van der Waals surface area contributed by atoms with E-state index in [1.54, 1.807) is 30.1 Å². The summed E-state index contributed by atoms with van der Waals surface area (Å²) in [6, 6.07) is 18.5. The van der Waals surface area contributed by atoms with Gasteiger partial charge < -0.3 is 5.32 Å². The van der Waals surface area contributed by atoms with Gasteiger partial charge in [0.25, 0.3) is 0 Å². The number of benzene rings is 2. The van der Waals surface area contributed by atoms with Crippen molar-refractivity contribution in [2.45, 2.75) is 6.54 Å². The van der Waals surface area contributed by atoms with E-state index in [2.05, 4.69) is 66.7 Å². The van der Waals surface area contributed by atoms with Crippen LogP contribution in [0.1, 0.15) is 16.0 Å². The molecule has 0 saturated heterocycles. The zero-order valence-corrected chi connectivity index (χ0v) is 18.2. The number of H-pyrrole nitrogens is 1. The Morgan fingerprint density at radius 1 is 1.00 bits per heavy atom. The Hall–Kier alpha value is -4.48. The molecule has 33 heavy (non-hydrogen) atoms. The van der Waals surface area contributed by atoms with Crippen molar-refractivity contribution in [1.82, 2.24) is 29.9 Å². The molecule has 0 radical (unpaired) electrons. The van der Waals surface area contributed by atoms with Gasteiger partial charge in [0.15, 0.2) is 5.82 Å². The van der Waals surface area contributed by atoms with E-state index in [4.69, 9.17) is 0 Å². The molecule has 6 aromatic rings. The molecule has 2 aromatic carbocycles. The lowest BCUT2D eigenvalue weighted by Gasteiger charge is -2.07. The van der Waals surface area contributed by atoms with Crippen molar-refractivity contribution >= 4 is 44.0 Å². The van der Waals surface area contributed by atoms with Crippen LogP contribution in [0, 0.1) is 11.8 Å². The van der Waals surface area contributed by atoms with Crippen molar-refractivity contribution in [2.24, 2.45) is 0 Å². The number of nitrogens with zero attached hydrogens (tertiary/aromatic N) is 5. The summed E-state index contributed by atoms with van der Waals surface area (Å²) < 4.78 is 2.98. The van der Waals surface area contributed by atoms with Crippen molar-refractivity contribution in [3.8, 4) is 11.8 Å². The van der Waals surface area contributed by atoms with Gasteiger partial charge in [-0.25, -0.2) is 9.97 Å². The molecule has 6 rings (SSSR count). The standard InChI is InChI=1S/C25H17N7S/c1-2-4-17(5-3-1)15-32-23-9-7-20(10-19(23)14-30-32)31-25-24-22(26-16-27-25)11-21(33-24)8-6-18-12-28-29-13-18/h1-5,7,9-14,16H,15H2,(H,28,29)(H,26,27,31). The molecule has 0 spiro atoms. The van der Waals surface area contributed by atoms with E-state index in [0.29, 0.717) is 0 Å². The van der Waals surface area contributed by atoms with Gasteiger partial charge in [-0.15, -0.1) is 11.3 Å². The number of hydrogen-bond acceptors (Lipinski definition) is 6. The Morgan fingerprint density at radius 3 is 2.82 bits per heavy atom. The second kappa shape index (κ2) is 8.22. The van der Waals surface area contributed by atoms with Crippen LogP contribution in [-0.2, 0) is 6.54 Å². The van der Waals surface area contributed by atoms with Crippen LogP contribution in [0.15, 0.2) is 79.5 Å². The molecule has 4 aromatic heterocycles. The lowest BCUT2D eigenvalue weighted by atomic mass is 10.2. The van der Waals surface area contributed by atoms with Crippen LogP contribution in [0.5, 0.6) is 0 Å². The average Bonchev–Trinajstić information content (AvgIpc) is 3.59. The van der Waals surface area contributed by atoms with E-state index in [9.17, 15) is 0 Å². The summed E-state index contributed by atoms with van der Waals surface area (Å²) in [5, 5.41) is 15.8. The quantitative estimate of drug-likeness (QED) is 0.373. The Labute approximate surface area is 193 Å². The summed E-state index contributed by atoms with van der Waals surface area (Å²) in [5.41, 5.74) is 4.97. The van der Waals surface area contributed by atoms with E-state index in [1.807, 2.05) is 41.2 Å². The van der Waals surface area contributed by atoms with Crippen LogP contribution >= 0.6 is 11.3 Å². The van der Waals surface area contributed by atoms with E-state index < -0.39 is 0 Å². The summed E-state index contributed by atoms with van der Waals surface area (Å²) >= 11 is 1.57. The molecule has 0 aliphatic rings. The Morgan fingerprint density at radius 2 is 1.94 bits per heavy atom. The van der Waals surface area contributed by atoms with Crippen LogP contribution in [0.2, 0.25) is 0 Å². The summed E-state index contributed by atoms with van der Waals surface area (Å²) in [6.07, 6.45) is 6.94. The van der Waals surface area contributed by atoms with Crippen LogP contribution in [0.25, 0.3) is 21.1 Å². The summed E-state index contributed by atoms with van der Waals surface area (Å²) in [4.78, 5) is 9.80. The van der Waals surface area contributed by atoms with Crippen molar-refractivity contribution in [2.75, 3.05) is 5.32 Å². The molecule has 0 unspecified atom stereocenters. The molecule has 158 valence electrons. The van der Waals surface area contributed by atoms with Crippen LogP contribution < -0.4 is 5.32 Å². The first-order chi connectivity index (χ1) is 16.3. The molecular weight excluding hydrogens is 430 g/mol. The number of hydrogen-bond donors (Lipinski definition) is 2. The van der Waals surface area contributed by atoms with E-state index in [-0.39, 0.29) is 0 Å². The molecular formula is C25H17N7S. The van der Waals surface area contributed by atoms with Gasteiger partial charge in [0.2, 0.25) is 0 Å². The number of aromatic amines is 1. The highest BCUT2D eigenvalue weighted by Gasteiger charge is 2.10. The Kier molecular flexibility index (Phi) is 4.79. The van der Waals surface area contributed by atoms with E-state index >= 15 is 0 Å². The summed E-state index contributed by atoms with van der Waals surface area (Å²) in [5.74, 6) is 7.04. The van der Waals surface area contributed by atoms with E-state index in [0.717, 1.165) is 49.6 Å². The first-order valence-corrected chi connectivity index (χ1v) is 11.2.